The first-order valence-electron chi connectivity index (χ1n) is 11.2. The summed E-state index contributed by atoms with van der Waals surface area (Å²) in [6.45, 7) is 9.52. The van der Waals surface area contributed by atoms with Gasteiger partial charge in [-0.15, -0.1) is 11.3 Å². The van der Waals surface area contributed by atoms with Crippen LogP contribution in [0.5, 0.6) is 0 Å². The van der Waals surface area contributed by atoms with Gasteiger partial charge in [0.2, 0.25) is 0 Å². The Morgan fingerprint density at radius 1 is 1.26 bits per heavy atom. The Morgan fingerprint density at radius 3 is 2.61 bits per heavy atom. The average molecular weight is 445 g/mol. The van der Waals surface area contributed by atoms with Crippen molar-refractivity contribution in [3.05, 3.63) is 54.6 Å². The van der Waals surface area contributed by atoms with Crippen molar-refractivity contribution in [3.8, 4) is 0 Å². The molecule has 0 radical (unpaired) electrons. The van der Waals surface area contributed by atoms with Crippen LogP contribution in [0.2, 0.25) is 0 Å². The molecule has 1 amide bonds. The molecule has 0 unspecified atom stereocenters. The molecule has 2 N–H and O–H groups in total. The van der Waals surface area contributed by atoms with Crippen molar-refractivity contribution in [2.45, 2.75) is 59.0 Å². The topological polar surface area (TPSA) is 68.4 Å². The third kappa shape index (κ3) is 6.05. The Balaban J connectivity index is 1.49. The molecule has 3 rings (SSSR count). The normalized spacial score (nSPS) is 15.5. The van der Waals surface area contributed by atoms with E-state index < -0.39 is 0 Å². The maximum atomic E-state index is 12.7. The molecule has 0 saturated carbocycles. The fourth-order valence-electron chi connectivity index (χ4n) is 4.41. The lowest BCUT2D eigenvalue weighted by Crippen LogP contribution is -2.42. The highest BCUT2D eigenvalue weighted by atomic mass is 32.1. The molecule has 0 atom stereocenters. The summed E-state index contributed by atoms with van der Waals surface area (Å²) in [5, 5.41) is 4.88. The number of hydrogen-bond acceptors (Lipinski definition) is 5. The minimum Gasteiger partial charge on any atom is -0.348 e. The van der Waals surface area contributed by atoms with Crippen LogP contribution in [0.15, 0.2) is 16.2 Å². The number of aromatic nitrogens is 1. The van der Waals surface area contributed by atoms with E-state index in [4.69, 9.17) is 0 Å². The lowest BCUT2D eigenvalue weighted by Gasteiger charge is -2.35. The van der Waals surface area contributed by atoms with E-state index in [1.807, 2.05) is 32.2 Å². The molecule has 31 heavy (non-hydrogen) atoms. The number of aryl methyl sites for hydroxylation is 3. The summed E-state index contributed by atoms with van der Waals surface area (Å²) in [6, 6.07) is 2.65. The van der Waals surface area contributed by atoms with Crippen molar-refractivity contribution in [1.82, 2.24) is 20.1 Å². The number of likely N-dealkylation sites (tertiary alicyclic amines) is 1. The average Bonchev–Trinajstić information content (AvgIpc) is 3.08. The zero-order valence-electron chi connectivity index (χ0n) is 19.5. The van der Waals surface area contributed by atoms with E-state index in [9.17, 15) is 9.59 Å². The molecule has 0 aliphatic carbocycles. The number of carbonyl (C=O) groups excluding carboxylic acids is 1. The van der Waals surface area contributed by atoms with Gasteiger partial charge in [0, 0.05) is 34.1 Å². The van der Waals surface area contributed by atoms with Crippen molar-refractivity contribution in [1.29, 1.82) is 0 Å². The van der Waals surface area contributed by atoms with Crippen LogP contribution in [0.1, 0.15) is 56.9 Å². The number of carbonyl (C=O) groups is 1. The van der Waals surface area contributed by atoms with Crippen molar-refractivity contribution in [2.75, 3.05) is 33.7 Å². The third-order valence-corrected chi connectivity index (χ3v) is 7.62. The Bertz CT molecular complexity index is 955. The first kappa shape index (κ1) is 23.7. The third-order valence-electron chi connectivity index (χ3n) is 6.47. The van der Waals surface area contributed by atoms with Gasteiger partial charge in [0.25, 0.3) is 11.5 Å². The van der Waals surface area contributed by atoms with Gasteiger partial charge in [0.15, 0.2) is 0 Å². The van der Waals surface area contributed by atoms with Crippen molar-refractivity contribution >= 4 is 17.2 Å². The number of piperidine rings is 1. The maximum absolute atomic E-state index is 12.7. The summed E-state index contributed by atoms with van der Waals surface area (Å²) >= 11 is 1.67. The first-order valence-corrected chi connectivity index (χ1v) is 12.1. The van der Waals surface area contributed by atoms with Crippen LogP contribution in [-0.2, 0) is 13.0 Å². The van der Waals surface area contributed by atoms with Crippen molar-refractivity contribution in [3.63, 3.8) is 0 Å². The van der Waals surface area contributed by atoms with E-state index >= 15 is 0 Å². The number of amides is 1. The number of H-pyrrole nitrogens is 1. The van der Waals surface area contributed by atoms with Gasteiger partial charge < -0.3 is 20.1 Å². The Kier molecular flexibility index (Phi) is 8.08. The van der Waals surface area contributed by atoms with Gasteiger partial charge in [-0.05, 0) is 97.4 Å². The van der Waals surface area contributed by atoms with E-state index in [0.29, 0.717) is 5.56 Å². The smallest absolute Gasteiger partial charge is 0.253 e. The van der Waals surface area contributed by atoms with Gasteiger partial charge in [0.05, 0.1) is 5.56 Å². The number of thiophene rings is 1. The van der Waals surface area contributed by atoms with Gasteiger partial charge >= 0.3 is 0 Å². The second kappa shape index (κ2) is 10.6. The fourth-order valence-corrected chi connectivity index (χ4v) is 5.51. The standard InChI is InChI=1S/C24H36N4O2S/c1-16-13-17(2)26-24(30)20(16)14-25-23(29)21-15-31-22(18(21)3)7-6-10-28-11-8-19(9-12-28)27(4)5/h13,15,19H,6-12,14H2,1-5H3,(H,25,29)(H,26,30). The van der Waals surface area contributed by atoms with Crippen LogP contribution in [-0.4, -0.2) is 60.5 Å². The molecule has 0 bridgehead atoms. The maximum Gasteiger partial charge on any atom is 0.253 e. The molecule has 2 aromatic rings. The van der Waals surface area contributed by atoms with E-state index in [0.717, 1.165) is 47.8 Å². The monoisotopic (exact) mass is 444 g/mol. The highest BCUT2D eigenvalue weighted by Gasteiger charge is 2.20. The summed E-state index contributed by atoms with van der Waals surface area (Å²) in [4.78, 5) is 33.9. The molecule has 6 nitrogen and oxygen atoms in total. The highest BCUT2D eigenvalue weighted by Crippen LogP contribution is 2.24. The van der Waals surface area contributed by atoms with E-state index in [2.05, 4.69) is 34.2 Å². The van der Waals surface area contributed by atoms with E-state index in [-0.39, 0.29) is 18.0 Å². The number of nitrogens with one attached hydrogen (secondary N) is 2. The van der Waals surface area contributed by atoms with Crippen LogP contribution in [0.25, 0.3) is 0 Å². The molecule has 1 saturated heterocycles. The summed E-state index contributed by atoms with van der Waals surface area (Å²) in [6.07, 6.45) is 4.62. The van der Waals surface area contributed by atoms with Crippen molar-refractivity contribution in [2.24, 2.45) is 0 Å². The van der Waals surface area contributed by atoms with Crippen LogP contribution >= 0.6 is 11.3 Å². The van der Waals surface area contributed by atoms with E-state index in [1.165, 1.54) is 30.8 Å². The molecule has 0 aromatic carbocycles. The first-order chi connectivity index (χ1) is 14.8. The Morgan fingerprint density at radius 2 is 1.97 bits per heavy atom. The number of rotatable bonds is 8. The van der Waals surface area contributed by atoms with Gasteiger partial charge in [-0.2, -0.15) is 0 Å². The largest absolute Gasteiger partial charge is 0.348 e. The molecule has 1 aliphatic rings. The number of nitrogens with zero attached hydrogens (tertiary/aromatic N) is 2. The minimum atomic E-state index is -0.129. The number of pyridine rings is 1. The van der Waals surface area contributed by atoms with Crippen LogP contribution in [0.3, 0.4) is 0 Å². The summed E-state index contributed by atoms with van der Waals surface area (Å²) in [5.41, 5.74) is 4.02. The zero-order chi connectivity index (χ0) is 22.5. The lowest BCUT2D eigenvalue weighted by atomic mass is 10.0. The molecular weight excluding hydrogens is 408 g/mol. The SMILES string of the molecule is Cc1cc(C)c(CNC(=O)c2csc(CCCN3CCC(N(C)C)CC3)c2C)c(=O)[nH]1. The lowest BCUT2D eigenvalue weighted by molar-refractivity contribution is 0.0950. The zero-order valence-corrected chi connectivity index (χ0v) is 20.3. The second-order valence-electron chi connectivity index (χ2n) is 8.96. The molecule has 170 valence electrons. The number of hydrogen-bond donors (Lipinski definition) is 2. The minimum absolute atomic E-state index is 0.106. The Labute approximate surface area is 189 Å². The number of aromatic amines is 1. The molecule has 3 heterocycles. The molecule has 1 aliphatic heterocycles. The Hall–Kier alpha value is -1.96. The molecule has 0 spiro atoms. The molecular formula is C24H36N4O2S. The van der Waals surface area contributed by atoms with Crippen LogP contribution in [0.4, 0.5) is 0 Å². The fraction of sp³-hybridized carbons (Fsp3) is 0.583. The molecule has 2 aromatic heterocycles. The van der Waals surface area contributed by atoms with Gasteiger partial charge in [0.1, 0.15) is 0 Å². The highest BCUT2D eigenvalue weighted by molar-refractivity contribution is 7.10. The molecule has 7 heteroatoms. The van der Waals surface area contributed by atoms with Crippen LogP contribution < -0.4 is 10.9 Å². The van der Waals surface area contributed by atoms with Gasteiger partial charge in [-0.25, -0.2) is 0 Å². The van der Waals surface area contributed by atoms with Gasteiger partial charge in [-0.1, -0.05) is 0 Å². The van der Waals surface area contributed by atoms with E-state index in [1.54, 1.807) is 11.3 Å². The summed E-state index contributed by atoms with van der Waals surface area (Å²) in [5.74, 6) is -0.106. The van der Waals surface area contributed by atoms with Crippen molar-refractivity contribution < 1.29 is 4.79 Å². The molecule has 1 fully saturated rings. The quantitative estimate of drug-likeness (QED) is 0.656. The van der Waals surface area contributed by atoms with Gasteiger partial charge in [-0.3, -0.25) is 9.59 Å². The second-order valence-corrected chi connectivity index (χ2v) is 9.93. The summed E-state index contributed by atoms with van der Waals surface area (Å²) in [7, 11) is 4.35. The van der Waals surface area contributed by atoms with Crippen LogP contribution in [0, 0.1) is 20.8 Å². The predicted octanol–water partition coefficient (Wildman–Crippen LogP) is 3.25. The summed E-state index contributed by atoms with van der Waals surface area (Å²) < 4.78 is 0. The predicted molar refractivity (Wildman–Crippen MR) is 128 cm³/mol.